The molecule has 5 rings (SSSR count). The predicted molar refractivity (Wildman–Crippen MR) is 129 cm³/mol. The average Bonchev–Trinajstić information content (AvgIpc) is 3.23. The molecule has 0 unspecified atom stereocenters. The zero-order valence-electron chi connectivity index (χ0n) is 20.4. The number of Topliss-reactive ketones (excluding diaryl/α,β-unsaturated/α-hetero) is 1. The molecule has 2 fully saturated rings. The number of ketones is 1. The number of aryl methyl sites for hydroxylation is 1. The van der Waals surface area contributed by atoms with E-state index in [0.717, 1.165) is 60.8 Å². The van der Waals surface area contributed by atoms with Crippen molar-refractivity contribution < 1.29 is 33.3 Å². The monoisotopic (exact) mass is 480 g/mol. The number of methoxy groups -OCH3 is 2. The second-order valence-corrected chi connectivity index (χ2v) is 9.61. The highest BCUT2D eigenvalue weighted by Crippen LogP contribution is 2.48. The van der Waals surface area contributed by atoms with Crippen LogP contribution in [-0.4, -0.2) is 51.9 Å². The smallest absolute Gasteiger partial charge is 0.315 e. The first-order chi connectivity index (χ1) is 17.0. The van der Waals surface area contributed by atoms with Crippen LogP contribution in [0.2, 0.25) is 0 Å². The molecule has 1 saturated heterocycles. The van der Waals surface area contributed by atoms with Gasteiger partial charge in [-0.25, -0.2) is 0 Å². The number of hydrogen-bond donors (Lipinski definition) is 0. The fourth-order valence-electron chi connectivity index (χ4n) is 5.18. The minimum absolute atomic E-state index is 0.0928. The maximum absolute atomic E-state index is 13.2. The Balaban J connectivity index is 1.43. The summed E-state index contributed by atoms with van der Waals surface area (Å²) in [5.41, 5.74) is 2.94. The summed E-state index contributed by atoms with van der Waals surface area (Å²) in [5, 5.41) is 0. The van der Waals surface area contributed by atoms with Crippen LogP contribution in [-0.2, 0) is 20.7 Å². The van der Waals surface area contributed by atoms with E-state index in [9.17, 15) is 9.59 Å². The number of fused-ring (bicyclic) bond motifs is 1. The van der Waals surface area contributed by atoms with Crippen molar-refractivity contribution in [1.82, 2.24) is 0 Å². The van der Waals surface area contributed by atoms with Gasteiger partial charge in [0.25, 0.3) is 0 Å². The first kappa shape index (κ1) is 23.7. The van der Waals surface area contributed by atoms with Gasteiger partial charge < -0.3 is 23.7 Å². The van der Waals surface area contributed by atoms with E-state index in [0.29, 0.717) is 36.9 Å². The van der Waals surface area contributed by atoms with E-state index in [1.165, 1.54) is 0 Å². The highest BCUT2D eigenvalue weighted by molar-refractivity contribution is 6.01. The van der Waals surface area contributed by atoms with Crippen LogP contribution in [0.25, 0.3) is 11.1 Å². The van der Waals surface area contributed by atoms with Crippen LogP contribution in [0.1, 0.15) is 54.4 Å². The third-order valence-electron chi connectivity index (χ3n) is 7.52. The van der Waals surface area contributed by atoms with Gasteiger partial charge in [-0.05, 0) is 42.5 Å². The molecule has 0 radical (unpaired) electrons. The number of ether oxygens (including phenoxy) is 5. The minimum atomic E-state index is -0.659. The van der Waals surface area contributed by atoms with E-state index < -0.39 is 5.41 Å². The molecule has 35 heavy (non-hydrogen) atoms. The Labute approximate surface area is 205 Å². The Morgan fingerprint density at radius 3 is 2.46 bits per heavy atom. The van der Waals surface area contributed by atoms with E-state index >= 15 is 0 Å². The topological polar surface area (TPSA) is 80.3 Å². The molecule has 7 heteroatoms. The molecule has 0 amide bonds. The second kappa shape index (κ2) is 9.90. The standard InChI is InChI=1S/C28H32O7/c1-31-24-9-7-22(19-4-6-21-18(16-19)5-8-23(21)29)25(26(24)32-2)34-17-28(12-3-13-28)27(30)35-20-10-14-33-15-11-20/h4,6-7,9,16,20H,3,5,8,10-15,17H2,1-2H3. The van der Waals surface area contributed by atoms with Crippen molar-refractivity contribution in [2.45, 2.75) is 51.0 Å². The average molecular weight is 481 g/mol. The maximum Gasteiger partial charge on any atom is 0.315 e. The molecule has 7 nitrogen and oxygen atoms in total. The number of rotatable bonds is 8. The molecule has 0 aromatic heterocycles. The number of hydrogen-bond acceptors (Lipinski definition) is 7. The lowest BCUT2D eigenvalue weighted by molar-refractivity contribution is -0.174. The van der Waals surface area contributed by atoms with Gasteiger partial charge in [0.05, 0.1) is 27.4 Å². The number of benzene rings is 2. The first-order valence-corrected chi connectivity index (χ1v) is 12.4. The molecule has 2 aliphatic carbocycles. The van der Waals surface area contributed by atoms with Crippen molar-refractivity contribution >= 4 is 11.8 Å². The number of carbonyl (C=O) groups is 2. The van der Waals surface area contributed by atoms with Gasteiger partial charge in [-0.1, -0.05) is 24.6 Å². The van der Waals surface area contributed by atoms with Crippen LogP contribution in [0.5, 0.6) is 17.2 Å². The van der Waals surface area contributed by atoms with Crippen LogP contribution in [0.3, 0.4) is 0 Å². The quantitative estimate of drug-likeness (QED) is 0.504. The fraction of sp³-hybridized carbons (Fsp3) is 0.500. The minimum Gasteiger partial charge on any atom is -0.493 e. The third-order valence-corrected chi connectivity index (χ3v) is 7.52. The summed E-state index contributed by atoms with van der Waals surface area (Å²) < 4.78 is 28.9. The summed E-state index contributed by atoms with van der Waals surface area (Å²) >= 11 is 0. The van der Waals surface area contributed by atoms with E-state index in [-0.39, 0.29) is 24.5 Å². The Morgan fingerprint density at radius 2 is 1.77 bits per heavy atom. The highest BCUT2D eigenvalue weighted by atomic mass is 16.6. The van der Waals surface area contributed by atoms with E-state index in [1.807, 2.05) is 30.3 Å². The van der Waals surface area contributed by atoms with E-state index in [1.54, 1.807) is 14.2 Å². The van der Waals surface area contributed by atoms with Crippen molar-refractivity contribution in [3.8, 4) is 28.4 Å². The number of carbonyl (C=O) groups excluding carboxylic acids is 2. The van der Waals surface area contributed by atoms with Crippen LogP contribution < -0.4 is 14.2 Å². The predicted octanol–water partition coefficient (Wildman–Crippen LogP) is 4.77. The van der Waals surface area contributed by atoms with Crippen molar-refractivity contribution in [2.75, 3.05) is 34.0 Å². The Kier molecular flexibility index (Phi) is 6.69. The van der Waals surface area contributed by atoms with Crippen LogP contribution in [0, 0.1) is 5.41 Å². The largest absolute Gasteiger partial charge is 0.493 e. The summed E-state index contributed by atoms with van der Waals surface area (Å²) in [5.74, 6) is 1.56. The van der Waals surface area contributed by atoms with Crippen LogP contribution in [0.15, 0.2) is 30.3 Å². The molecule has 2 aromatic rings. The van der Waals surface area contributed by atoms with Gasteiger partial charge in [-0.2, -0.15) is 0 Å². The second-order valence-electron chi connectivity index (χ2n) is 9.61. The van der Waals surface area contributed by atoms with Gasteiger partial charge in [-0.15, -0.1) is 0 Å². The summed E-state index contributed by atoms with van der Waals surface area (Å²) in [6, 6.07) is 9.65. The molecule has 0 bridgehead atoms. The Bertz CT molecular complexity index is 1110. The molecule has 0 atom stereocenters. The van der Waals surface area contributed by atoms with Gasteiger partial charge in [0.2, 0.25) is 5.75 Å². The summed E-state index contributed by atoms with van der Waals surface area (Å²) in [6.07, 6.45) is 5.10. The van der Waals surface area contributed by atoms with Crippen molar-refractivity contribution in [2.24, 2.45) is 5.41 Å². The third kappa shape index (κ3) is 4.49. The molecule has 0 N–H and O–H groups in total. The number of esters is 1. The lowest BCUT2D eigenvalue weighted by Gasteiger charge is -2.40. The highest BCUT2D eigenvalue weighted by Gasteiger charge is 2.47. The van der Waals surface area contributed by atoms with Gasteiger partial charge in [0, 0.05) is 30.4 Å². The SMILES string of the molecule is COc1ccc(-c2ccc3c(c2)CCC3=O)c(OCC2(C(=O)OC3CCOCC3)CCC2)c1OC. The molecule has 1 heterocycles. The van der Waals surface area contributed by atoms with Crippen molar-refractivity contribution in [3.63, 3.8) is 0 Å². The lowest BCUT2D eigenvalue weighted by atomic mass is 9.69. The van der Waals surface area contributed by atoms with Gasteiger partial charge >= 0.3 is 5.97 Å². The zero-order valence-corrected chi connectivity index (χ0v) is 20.4. The maximum atomic E-state index is 13.2. The molecular weight excluding hydrogens is 448 g/mol. The Hall–Kier alpha value is -3.06. The van der Waals surface area contributed by atoms with Crippen LogP contribution >= 0.6 is 0 Å². The summed E-state index contributed by atoms with van der Waals surface area (Å²) in [7, 11) is 3.16. The van der Waals surface area contributed by atoms with Crippen molar-refractivity contribution in [1.29, 1.82) is 0 Å². The molecule has 186 valence electrons. The fourth-order valence-corrected chi connectivity index (χ4v) is 5.18. The normalized spacial score (nSPS) is 19.0. The first-order valence-electron chi connectivity index (χ1n) is 12.4. The molecular formula is C28H32O7. The lowest BCUT2D eigenvalue weighted by Crippen LogP contribution is -2.46. The molecule has 1 aliphatic heterocycles. The Morgan fingerprint density at radius 1 is 1.00 bits per heavy atom. The molecule has 3 aliphatic rings. The summed E-state index contributed by atoms with van der Waals surface area (Å²) in [4.78, 5) is 25.3. The van der Waals surface area contributed by atoms with E-state index in [2.05, 4.69) is 0 Å². The van der Waals surface area contributed by atoms with Gasteiger partial charge in [-0.3, -0.25) is 9.59 Å². The van der Waals surface area contributed by atoms with Gasteiger partial charge in [0.1, 0.15) is 18.1 Å². The van der Waals surface area contributed by atoms with Gasteiger partial charge in [0.15, 0.2) is 17.3 Å². The molecule has 2 aromatic carbocycles. The summed E-state index contributed by atoms with van der Waals surface area (Å²) in [6.45, 7) is 1.45. The zero-order chi connectivity index (χ0) is 24.4. The van der Waals surface area contributed by atoms with Crippen LogP contribution in [0.4, 0.5) is 0 Å². The molecule has 0 spiro atoms. The van der Waals surface area contributed by atoms with E-state index in [4.69, 9.17) is 23.7 Å². The van der Waals surface area contributed by atoms with Crippen molar-refractivity contribution in [3.05, 3.63) is 41.5 Å². The molecule has 1 saturated carbocycles.